The molecule has 6 heteroatoms. The van der Waals surface area contributed by atoms with Crippen LogP contribution in [0, 0.1) is 0 Å². The van der Waals surface area contributed by atoms with Crippen molar-refractivity contribution in [3.63, 3.8) is 0 Å². The van der Waals surface area contributed by atoms with Gasteiger partial charge in [0.15, 0.2) is 5.16 Å². The third kappa shape index (κ3) is 3.60. The molecule has 5 nitrogen and oxygen atoms in total. The van der Waals surface area contributed by atoms with Crippen LogP contribution in [-0.4, -0.2) is 28.3 Å². The van der Waals surface area contributed by atoms with E-state index in [9.17, 15) is 4.79 Å². The minimum Gasteiger partial charge on any atom is -0.383 e. The molecule has 0 radical (unpaired) electrons. The van der Waals surface area contributed by atoms with E-state index in [4.69, 9.17) is 4.74 Å². The number of hydrogen-bond acceptors (Lipinski definition) is 5. The zero-order valence-corrected chi connectivity index (χ0v) is 13.6. The summed E-state index contributed by atoms with van der Waals surface area (Å²) in [5, 5.41) is 1.34. The van der Waals surface area contributed by atoms with E-state index < -0.39 is 0 Å². The van der Waals surface area contributed by atoms with E-state index in [0.717, 1.165) is 11.1 Å². The van der Waals surface area contributed by atoms with Crippen LogP contribution in [-0.2, 0) is 17.0 Å². The number of benzene rings is 1. The SMILES string of the molecule is COCCn1c(SCc2cccnc2)nc2ccccc2c1=O. The van der Waals surface area contributed by atoms with E-state index in [0.29, 0.717) is 29.4 Å². The highest BCUT2D eigenvalue weighted by Gasteiger charge is 2.11. The molecule has 0 aliphatic heterocycles. The van der Waals surface area contributed by atoms with Crippen LogP contribution in [0.2, 0.25) is 0 Å². The van der Waals surface area contributed by atoms with Gasteiger partial charge in [-0.05, 0) is 23.8 Å². The molecule has 1 aromatic carbocycles. The second kappa shape index (κ2) is 7.39. The summed E-state index contributed by atoms with van der Waals surface area (Å²) in [4.78, 5) is 21.5. The van der Waals surface area contributed by atoms with Crippen molar-refractivity contribution >= 4 is 22.7 Å². The second-order valence-electron chi connectivity index (χ2n) is 5.01. The largest absolute Gasteiger partial charge is 0.383 e. The normalized spacial score (nSPS) is 11.0. The van der Waals surface area contributed by atoms with E-state index >= 15 is 0 Å². The Balaban J connectivity index is 1.97. The number of ether oxygens (including phenoxy) is 1. The third-order valence-electron chi connectivity index (χ3n) is 3.44. The number of nitrogens with zero attached hydrogens (tertiary/aromatic N) is 3. The molecule has 0 saturated carbocycles. The maximum atomic E-state index is 12.7. The number of fused-ring (bicyclic) bond motifs is 1. The Morgan fingerprint density at radius 3 is 2.87 bits per heavy atom. The molecular formula is C17H17N3O2S. The van der Waals surface area contributed by atoms with Crippen molar-refractivity contribution in [1.29, 1.82) is 0 Å². The van der Waals surface area contributed by atoms with Crippen LogP contribution >= 0.6 is 11.8 Å². The van der Waals surface area contributed by atoms with Crippen LogP contribution in [0.3, 0.4) is 0 Å². The summed E-state index contributed by atoms with van der Waals surface area (Å²) in [7, 11) is 1.63. The van der Waals surface area contributed by atoms with Gasteiger partial charge in [-0.15, -0.1) is 0 Å². The zero-order chi connectivity index (χ0) is 16.1. The molecule has 3 rings (SSSR count). The Hall–Kier alpha value is -2.18. The number of methoxy groups -OCH3 is 1. The van der Waals surface area contributed by atoms with Crippen molar-refractivity contribution in [2.45, 2.75) is 17.5 Å². The maximum Gasteiger partial charge on any atom is 0.262 e. The van der Waals surface area contributed by atoms with Crippen molar-refractivity contribution in [2.24, 2.45) is 0 Å². The summed E-state index contributed by atoms with van der Waals surface area (Å²) in [6, 6.07) is 11.3. The van der Waals surface area contributed by atoms with Crippen LogP contribution in [0.5, 0.6) is 0 Å². The molecule has 0 bridgehead atoms. The molecule has 2 aromatic heterocycles. The van der Waals surface area contributed by atoms with Crippen molar-refractivity contribution < 1.29 is 4.74 Å². The Labute approximate surface area is 138 Å². The van der Waals surface area contributed by atoms with Gasteiger partial charge in [0.2, 0.25) is 0 Å². The molecule has 0 unspecified atom stereocenters. The quantitative estimate of drug-likeness (QED) is 0.515. The molecule has 0 aliphatic rings. The second-order valence-corrected chi connectivity index (χ2v) is 5.95. The molecule has 23 heavy (non-hydrogen) atoms. The summed E-state index contributed by atoms with van der Waals surface area (Å²) in [6.07, 6.45) is 3.57. The summed E-state index contributed by atoms with van der Waals surface area (Å²) < 4.78 is 6.81. The smallest absolute Gasteiger partial charge is 0.262 e. The Morgan fingerprint density at radius 2 is 2.09 bits per heavy atom. The van der Waals surface area contributed by atoms with E-state index in [1.165, 1.54) is 11.8 Å². The minimum absolute atomic E-state index is 0.0265. The fraction of sp³-hybridized carbons (Fsp3) is 0.235. The van der Waals surface area contributed by atoms with E-state index in [-0.39, 0.29) is 5.56 Å². The van der Waals surface area contributed by atoms with Crippen LogP contribution in [0.4, 0.5) is 0 Å². The van der Waals surface area contributed by atoms with E-state index in [2.05, 4.69) is 9.97 Å². The van der Waals surface area contributed by atoms with Crippen molar-refractivity contribution in [3.05, 3.63) is 64.7 Å². The van der Waals surface area contributed by atoms with Crippen molar-refractivity contribution in [3.8, 4) is 0 Å². The van der Waals surface area contributed by atoms with Crippen LogP contribution in [0.15, 0.2) is 58.7 Å². The van der Waals surface area contributed by atoms with Crippen LogP contribution < -0.4 is 5.56 Å². The lowest BCUT2D eigenvalue weighted by Crippen LogP contribution is -2.25. The number of para-hydroxylation sites is 1. The molecule has 0 saturated heterocycles. The van der Waals surface area contributed by atoms with Gasteiger partial charge in [-0.2, -0.15) is 0 Å². The van der Waals surface area contributed by atoms with Crippen molar-refractivity contribution in [2.75, 3.05) is 13.7 Å². The Kier molecular flexibility index (Phi) is 5.05. The summed E-state index contributed by atoms with van der Waals surface area (Å²) in [5.74, 6) is 0.714. The number of thioether (sulfide) groups is 1. The predicted molar refractivity (Wildman–Crippen MR) is 91.7 cm³/mol. The lowest BCUT2D eigenvalue weighted by atomic mass is 10.2. The lowest BCUT2D eigenvalue weighted by molar-refractivity contribution is 0.183. The van der Waals surface area contributed by atoms with Gasteiger partial charge in [-0.1, -0.05) is 30.0 Å². The molecule has 0 aliphatic carbocycles. The fourth-order valence-corrected chi connectivity index (χ4v) is 3.23. The van der Waals surface area contributed by atoms with Gasteiger partial charge in [0.1, 0.15) is 0 Å². The number of aromatic nitrogens is 3. The fourth-order valence-electron chi connectivity index (χ4n) is 2.27. The van der Waals surface area contributed by atoms with Crippen LogP contribution in [0.1, 0.15) is 5.56 Å². The minimum atomic E-state index is -0.0265. The first-order chi connectivity index (χ1) is 11.3. The first-order valence-corrected chi connectivity index (χ1v) is 8.28. The molecule has 0 spiro atoms. The topological polar surface area (TPSA) is 57.0 Å². The number of hydrogen-bond donors (Lipinski definition) is 0. The van der Waals surface area contributed by atoms with Gasteiger partial charge < -0.3 is 4.74 Å². The predicted octanol–water partition coefficient (Wildman–Crippen LogP) is 2.73. The first kappa shape index (κ1) is 15.7. The van der Waals surface area contributed by atoms with Gasteiger partial charge >= 0.3 is 0 Å². The van der Waals surface area contributed by atoms with Gasteiger partial charge in [0.05, 0.1) is 24.1 Å². The molecule has 0 atom stereocenters. The zero-order valence-electron chi connectivity index (χ0n) is 12.8. The standard InChI is InChI=1S/C17H17N3O2S/c1-22-10-9-20-16(21)14-6-2-3-7-15(14)19-17(20)23-12-13-5-4-8-18-11-13/h2-8,11H,9-10,12H2,1H3. The molecule has 0 fully saturated rings. The van der Waals surface area contributed by atoms with Gasteiger partial charge in [-0.3, -0.25) is 14.3 Å². The molecule has 0 N–H and O–H groups in total. The van der Waals surface area contributed by atoms with E-state index in [1.54, 1.807) is 17.9 Å². The van der Waals surface area contributed by atoms with E-state index in [1.807, 2.05) is 42.6 Å². The highest BCUT2D eigenvalue weighted by molar-refractivity contribution is 7.98. The third-order valence-corrected chi connectivity index (χ3v) is 4.48. The average Bonchev–Trinajstić information content (AvgIpc) is 2.60. The summed E-state index contributed by atoms with van der Waals surface area (Å²) in [6.45, 7) is 0.961. The molecular weight excluding hydrogens is 310 g/mol. The number of pyridine rings is 1. The van der Waals surface area contributed by atoms with Gasteiger partial charge in [0, 0.05) is 25.3 Å². The molecule has 118 valence electrons. The number of rotatable bonds is 6. The average molecular weight is 327 g/mol. The lowest BCUT2D eigenvalue weighted by Gasteiger charge is -2.12. The Bertz CT molecular complexity index is 849. The van der Waals surface area contributed by atoms with Crippen molar-refractivity contribution in [1.82, 2.24) is 14.5 Å². The molecule has 2 heterocycles. The summed E-state index contributed by atoms with van der Waals surface area (Å²) in [5.41, 5.74) is 1.79. The summed E-state index contributed by atoms with van der Waals surface area (Å²) >= 11 is 1.54. The molecule has 0 amide bonds. The Morgan fingerprint density at radius 1 is 1.22 bits per heavy atom. The monoisotopic (exact) mass is 327 g/mol. The highest BCUT2D eigenvalue weighted by atomic mass is 32.2. The van der Waals surface area contributed by atoms with Gasteiger partial charge in [0.25, 0.3) is 5.56 Å². The van der Waals surface area contributed by atoms with Crippen LogP contribution in [0.25, 0.3) is 10.9 Å². The van der Waals surface area contributed by atoms with Gasteiger partial charge in [-0.25, -0.2) is 4.98 Å². The molecule has 3 aromatic rings. The first-order valence-electron chi connectivity index (χ1n) is 7.30. The maximum absolute atomic E-state index is 12.7. The highest BCUT2D eigenvalue weighted by Crippen LogP contribution is 2.21.